The Morgan fingerprint density at radius 1 is 1.21 bits per heavy atom. The van der Waals surface area contributed by atoms with Crippen LogP contribution in [0, 0.1) is 0 Å². The van der Waals surface area contributed by atoms with E-state index >= 15 is 0 Å². The Morgan fingerprint density at radius 3 is 2.16 bits per heavy atom. The molecule has 0 N–H and O–H groups in total. The molecule has 1 heterocycles. The Kier molecular flexibility index (Phi) is 3.64. The topological polar surface area (TPSA) is 63.7 Å². The number of hydrogen-bond acceptors (Lipinski definition) is 4. The summed E-state index contributed by atoms with van der Waals surface area (Å²) in [4.78, 5) is 37.3. The number of hydrogen-bond donors (Lipinski definition) is 0. The summed E-state index contributed by atoms with van der Waals surface area (Å²) in [5.74, 6) is -1.41. The number of carbonyl (C=O) groups excluding carboxylic acids is 3. The first-order chi connectivity index (χ1) is 9.11. The van der Waals surface area contributed by atoms with E-state index < -0.39 is 23.8 Å². The minimum absolute atomic E-state index is 0.345. The molecule has 1 aliphatic heterocycles. The molecule has 5 heteroatoms. The van der Waals surface area contributed by atoms with Crippen molar-refractivity contribution in [3.63, 3.8) is 0 Å². The van der Waals surface area contributed by atoms with Gasteiger partial charge in [0.15, 0.2) is 0 Å². The number of methoxy groups -OCH3 is 1. The van der Waals surface area contributed by atoms with Crippen LogP contribution in [0.25, 0.3) is 0 Å². The van der Waals surface area contributed by atoms with Crippen molar-refractivity contribution in [1.82, 2.24) is 4.90 Å². The smallest absolute Gasteiger partial charge is 0.329 e. The molecule has 100 valence electrons. The second-order valence-corrected chi connectivity index (χ2v) is 4.35. The van der Waals surface area contributed by atoms with Crippen LogP contribution < -0.4 is 0 Å². The van der Waals surface area contributed by atoms with Crippen LogP contribution in [0.2, 0.25) is 0 Å². The van der Waals surface area contributed by atoms with Gasteiger partial charge in [-0.3, -0.25) is 14.5 Å². The molecule has 0 bridgehead atoms. The molecule has 0 spiro atoms. The van der Waals surface area contributed by atoms with Gasteiger partial charge in [-0.1, -0.05) is 25.5 Å². The van der Waals surface area contributed by atoms with Gasteiger partial charge >= 0.3 is 5.97 Å². The van der Waals surface area contributed by atoms with Crippen molar-refractivity contribution in [2.45, 2.75) is 25.8 Å². The van der Waals surface area contributed by atoms with Crippen molar-refractivity contribution in [2.24, 2.45) is 0 Å². The third-order valence-corrected chi connectivity index (χ3v) is 3.17. The summed E-state index contributed by atoms with van der Waals surface area (Å²) in [6.45, 7) is 1.88. The van der Waals surface area contributed by atoms with Crippen molar-refractivity contribution in [1.29, 1.82) is 0 Å². The lowest BCUT2D eigenvalue weighted by molar-refractivity contribution is -0.145. The second kappa shape index (κ2) is 5.22. The van der Waals surface area contributed by atoms with Gasteiger partial charge in [0, 0.05) is 0 Å². The van der Waals surface area contributed by atoms with Gasteiger partial charge in [-0.2, -0.15) is 0 Å². The molecule has 0 fully saturated rings. The van der Waals surface area contributed by atoms with E-state index in [4.69, 9.17) is 0 Å². The Balaban J connectivity index is 2.39. The molecule has 0 saturated heterocycles. The van der Waals surface area contributed by atoms with Crippen molar-refractivity contribution >= 4 is 17.8 Å². The molecule has 19 heavy (non-hydrogen) atoms. The van der Waals surface area contributed by atoms with Gasteiger partial charge in [0.25, 0.3) is 11.8 Å². The van der Waals surface area contributed by atoms with Crippen molar-refractivity contribution in [2.75, 3.05) is 7.11 Å². The van der Waals surface area contributed by atoms with Crippen LogP contribution in [0.1, 0.15) is 40.5 Å². The molecule has 2 rings (SSSR count). The average Bonchev–Trinajstić information content (AvgIpc) is 2.68. The Bertz CT molecular complexity index is 503. The summed E-state index contributed by atoms with van der Waals surface area (Å²) in [5, 5.41) is 0. The minimum Gasteiger partial charge on any atom is -0.467 e. The molecule has 0 radical (unpaired) electrons. The van der Waals surface area contributed by atoms with E-state index in [0.29, 0.717) is 24.0 Å². The van der Waals surface area contributed by atoms with Gasteiger partial charge in [-0.15, -0.1) is 0 Å². The number of benzene rings is 1. The molecule has 0 aliphatic carbocycles. The van der Waals surface area contributed by atoms with E-state index in [1.807, 2.05) is 6.92 Å². The lowest BCUT2D eigenvalue weighted by atomic mass is 10.1. The van der Waals surface area contributed by atoms with Gasteiger partial charge in [-0.25, -0.2) is 4.79 Å². The van der Waals surface area contributed by atoms with E-state index in [9.17, 15) is 14.4 Å². The van der Waals surface area contributed by atoms with Crippen LogP contribution >= 0.6 is 0 Å². The maximum absolute atomic E-state index is 12.2. The van der Waals surface area contributed by atoms with Crippen LogP contribution in [-0.2, 0) is 9.53 Å². The van der Waals surface area contributed by atoms with Gasteiger partial charge in [0.2, 0.25) is 0 Å². The molecule has 1 aromatic rings. The highest BCUT2D eigenvalue weighted by Gasteiger charge is 2.42. The van der Waals surface area contributed by atoms with E-state index in [1.54, 1.807) is 24.3 Å². The highest BCUT2D eigenvalue weighted by Crippen LogP contribution is 2.26. The second-order valence-electron chi connectivity index (χ2n) is 4.35. The molecule has 1 atom stereocenters. The molecule has 1 aromatic carbocycles. The van der Waals surface area contributed by atoms with Crippen molar-refractivity contribution < 1.29 is 19.1 Å². The SMILES string of the molecule is CCC[C@@H](C(=O)OC)N1C(=O)c2ccccc2C1=O. The van der Waals surface area contributed by atoms with Gasteiger partial charge in [0.05, 0.1) is 18.2 Å². The minimum atomic E-state index is -0.845. The average molecular weight is 261 g/mol. The number of imide groups is 1. The van der Waals surface area contributed by atoms with E-state index in [-0.39, 0.29) is 0 Å². The van der Waals surface area contributed by atoms with Crippen molar-refractivity contribution in [3.8, 4) is 0 Å². The van der Waals surface area contributed by atoms with Crippen LogP contribution in [0.4, 0.5) is 0 Å². The normalized spacial score (nSPS) is 15.4. The predicted molar refractivity (Wildman–Crippen MR) is 67.7 cm³/mol. The fourth-order valence-electron chi connectivity index (χ4n) is 2.25. The van der Waals surface area contributed by atoms with Crippen LogP contribution in [0.5, 0.6) is 0 Å². The van der Waals surface area contributed by atoms with Gasteiger partial charge < -0.3 is 4.74 Å². The number of fused-ring (bicyclic) bond motifs is 1. The summed E-state index contributed by atoms with van der Waals surface area (Å²) < 4.78 is 4.69. The van der Waals surface area contributed by atoms with Crippen molar-refractivity contribution in [3.05, 3.63) is 35.4 Å². The molecule has 1 aliphatic rings. The van der Waals surface area contributed by atoms with Crippen LogP contribution in [0.15, 0.2) is 24.3 Å². The first-order valence-corrected chi connectivity index (χ1v) is 6.16. The number of amides is 2. The standard InChI is InChI=1S/C14H15NO4/c1-3-6-11(14(18)19-2)15-12(16)9-7-4-5-8-10(9)13(15)17/h4-5,7-8,11H,3,6H2,1-2H3/t11-/m0/s1. The monoisotopic (exact) mass is 261 g/mol. The predicted octanol–water partition coefficient (Wildman–Crippen LogP) is 1.62. The van der Waals surface area contributed by atoms with Crippen LogP contribution in [0.3, 0.4) is 0 Å². The number of ether oxygens (including phenoxy) is 1. The zero-order valence-electron chi connectivity index (χ0n) is 10.9. The first-order valence-electron chi connectivity index (χ1n) is 6.16. The Morgan fingerprint density at radius 2 is 1.74 bits per heavy atom. The Labute approximate surface area is 111 Å². The summed E-state index contributed by atoms with van der Waals surface area (Å²) in [7, 11) is 1.25. The summed E-state index contributed by atoms with van der Waals surface area (Å²) >= 11 is 0. The highest BCUT2D eigenvalue weighted by atomic mass is 16.5. The zero-order valence-corrected chi connectivity index (χ0v) is 10.9. The number of esters is 1. The lowest BCUT2D eigenvalue weighted by Gasteiger charge is -2.23. The summed E-state index contributed by atoms with van der Waals surface area (Å²) in [5.41, 5.74) is 0.690. The third kappa shape index (κ3) is 2.12. The molecule has 5 nitrogen and oxygen atoms in total. The Hall–Kier alpha value is -2.17. The lowest BCUT2D eigenvalue weighted by Crippen LogP contribution is -2.45. The quantitative estimate of drug-likeness (QED) is 0.610. The largest absolute Gasteiger partial charge is 0.467 e. The maximum Gasteiger partial charge on any atom is 0.329 e. The third-order valence-electron chi connectivity index (χ3n) is 3.17. The summed E-state index contributed by atoms with van der Waals surface area (Å²) in [6.07, 6.45) is 1.07. The molecular weight excluding hydrogens is 246 g/mol. The molecule has 0 saturated carbocycles. The maximum atomic E-state index is 12.2. The first kappa shape index (κ1) is 13.3. The van der Waals surface area contributed by atoms with E-state index in [1.165, 1.54) is 7.11 Å². The summed E-state index contributed by atoms with van der Waals surface area (Å²) in [6, 6.07) is 5.73. The molecule has 0 unspecified atom stereocenters. The number of carbonyl (C=O) groups is 3. The fourth-order valence-corrected chi connectivity index (χ4v) is 2.25. The van der Waals surface area contributed by atoms with E-state index in [2.05, 4.69) is 4.74 Å². The zero-order chi connectivity index (χ0) is 14.0. The number of nitrogens with zero attached hydrogens (tertiary/aromatic N) is 1. The van der Waals surface area contributed by atoms with E-state index in [0.717, 1.165) is 4.90 Å². The van der Waals surface area contributed by atoms with Crippen LogP contribution in [-0.4, -0.2) is 35.8 Å². The fraction of sp³-hybridized carbons (Fsp3) is 0.357. The molecular formula is C14H15NO4. The molecule has 2 amide bonds. The van der Waals surface area contributed by atoms with Gasteiger partial charge in [-0.05, 0) is 18.6 Å². The van der Waals surface area contributed by atoms with Gasteiger partial charge in [0.1, 0.15) is 6.04 Å². The highest BCUT2D eigenvalue weighted by molar-refractivity contribution is 6.22. The number of rotatable bonds is 4. The molecule has 0 aromatic heterocycles.